The molecule has 0 saturated carbocycles. The molecular weight excluding hydrogens is 206 g/mol. The van der Waals surface area contributed by atoms with E-state index in [1.165, 1.54) is 0 Å². The molecule has 0 N–H and O–H groups in total. The SMILES string of the molecule is CC(C)c1ccccc1C(Cl)=C(F)F. The second-order valence-corrected chi connectivity index (χ2v) is 3.69. The Labute approximate surface area is 87.2 Å². The summed E-state index contributed by atoms with van der Waals surface area (Å²) in [6.45, 7) is 3.89. The van der Waals surface area contributed by atoms with Gasteiger partial charge < -0.3 is 0 Å². The third-order valence-electron chi connectivity index (χ3n) is 1.99. The van der Waals surface area contributed by atoms with E-state index in [4.69, 9.17) is 11.6 Å². The van der Waals surface area contributed by atoms with E-state index in [-0.39, 0.29) is 5.92 Å². The van der Waals surface area contributed by atoms with Crippen molar-refractivity contribution in [1.82, 2.24) is 0 Å². The highest BCUT2D eigenvalue weighted by Gasteiger charge is 2.12. The summed E-state index contributed by atoms with van der Waals surface area (Å²) in [5.41, 5.74) is 1.26. The highest BCUT2D eigenvalue weighted by atomic mass is 35.5. The van der Waals surface area contributed by atoms with E-state index in [2.05, 4.69) is 0 Å². The molecule has 0 atom stereocenters. The van der Waals surface area contributed by atoms with E-state index in [0.717, 1.165) is 5.56 Å². The van der Waals surface area contributed by atoms with Crippen LogP contribution in [0.5, 0.6) is 0 Å². The first-order valence-electron chi connectivity index (χ1n) is 4.34. The molecule has 0 aromatic heterocycles. The van der Waals surface area contributed by atoms with Crippen LogP contribution < -0.4 is 0 Å². The van der Waals surface area contributed by atoms with Gasteiger partial charge in [-0.2, -0.15) is 8.78 Å². The van der Waals surface area contributed by atoms with Gasteiger partial charge in [-0.15, -0.1) is 0 Å². The number of rotatable bonds is 2. The Kier molecular flexibility index (Phi) is 3.64. The van der Waals surface area contributed by atoms with Gasteiger partial charge in [0.1, 0.15) is 5.03 Å². The summed E-state index contributed by atoms with van der Waals surface area (Å²) in [5, 5.41) is -0.450. The van der Waals surface area contributed by atoms with Gasteiger partial charge in [-0.05, 0) is 11.5 Å². The minimum atomic E-state index is -1.83. The van der Waals surface area contributed by atoms with E-state index in [9.17, 15) is 8.78 Å². The molecule has 0 saturated heterocycles. The van der Waals surface area contributed by atoms with Crippen LogP contribution in [0, 0.1) is 0 Å². The Bertz CT molecular complexity index is 352. The minimum Gasteiger partial charge on any atom is -0.172 e. The second-order valence-electron chi connectivity index (χ2n) is 3.32. The average Bonchev–Trinajstić information content (AvgIpc) is 2.16. The van der Waals surface area contributed by atoms with Gasteiger partial charge in [0.05, 0.1) is 0 Å². The third kappa shape index (κ3) is 2.32. The third-order valence-corrected chi connectivity index (χ3v) is 2.33. The molecule has 0 fully saturated rings. The Morgan fingerprint density at radius 3 is 2.29 bits per heavy atom. The van der Waals surface area contributed by atoms with E-state index in [0.29, 0.717) is 5.56 Å². The van der Waals surface area contributed by atoms with Crippen LogP contribution in [0.2, 0.25) is 0 Å². The van der Waals surface area contributed by atoms with Gasteiger partial charge in [-0.25, -0.2) is 0 Å². The van der Waals surface area contributed by atoms with Gasteiger partial charge >= 0.3 is 0 Å². The molecule has 0 aliphatic carbocycles. The normalized spacial score (nSPS) is 10.4. The zero-order chi connectivity index (χ0) is 10.7. The zero-order valence-corrected chi connectivity index (χ0v) is 8.78. The Balaban J connectivity index is 3.28. The first kappa shape index (κ1) is 11.2. The molecule has 1 aromatic carbocycles. The van der Waals surface area contributed by atoms with E-state index >= 15 is 0 Å². The summed E-state index contributed by atoms with van der Waals surface area (Å²) in [5.74, 6) is 0.180. The van der Waals surface area contributed by atoms with Crippen molar-refractivity contribution >= 4 is 16.6 Å². The van der Waals surface area contributed by atoms with E-state index < -0.39 is 11.1 Å². The van der Waals surface area contributed by atoms with E-state index in [1.54, 1.807) is 12.1 Å². The molecule has 0 amide bonds. The van der Waals surface area contributed by atoms with Gasteiger partial charge in [-0.1, -0.05) is 49.7 Å². The average molecular weight is 217 g/mol. The minimum absolute atomic E-state index is 0.180. The van der Waals surface area contributed by atoms with Gasteiger partial charge in [0.2, 0.25) is 0 Å². The predicted octanol–water partition coefficient (Wildman–Crippen LogP) is 4.61. The van der Waals surface area contributed by atoms with Crippen molar-refractivity contribution < 1.29 is 8.78 Å². The lowest BCUT2D eigenvalue weighted by atomic mass is 9.97. The van der Waals surface area contributed by atoms with Crippen molar-refractivity contribution in [3.8, 4) is 0 Å². The second kappa shape index (κ2) is 4.56. The highest BCUT2D eigenvalue weighted by molar-refractivity contribution is 6.49. The number of halogens is 3. The van der Waals surface area contributed by atoms with Crippen molar-refractivity contribution in [3.05, 3.63) is 41.5 Å². The fraction of sp³-hybridized carbons (Fsp3) is 0.273. The fourth-order valence-corrected chi connectivity index (χ4v) is 1.47. The maximum absolute atomic E-state index is 12.3. The smallest absolute Gasteiger partial charge is 0.172 e. The van der Waals surface area contributed by atoms with Crippen LogP contribution in [0.3, 0.4) is 0 Å². The zero-order valence-electron chi connectivity index (χ0n) is 8.02. The van der Waals surface area contributed by atoms with Crippen LogP contribution in [0.4, 0.5) is 8.78 Å². The lowest BCUT2D eigenvalue weighted by molar-refractivity contribution is 0.427. The topological polar surface area (TPSA) is 0 Å². The summed E-state index contributed by atoms with van der Waals surface area (Å²) in [6.07, 6.45) is -1.83. The maximum Gasteiger partial charge on any atom is 0.289 e. The maximum atomic E-state index is 12.3. The van der Waals surface area contributed by atoms with E-state index in [1.807, 2.05) is 26.0 Å². The van der Waals surface area contributed by atoms with Crippen molar-refractivity contribution in [2.45, 2.75) is 19.8 Å². The largest absolute Gasteiger partial charge is 0.289 e. The fourth-order valence-electron chi connectivity index (χ4n) is 1.30. The molecule has 0 radical (unpaired) electrons. The van der Waals surface area contributed by atoms with Crippen molar-refractivity contribution in [3.63, 3.8) is 0 Å². The summed E-state index contributed by atoms with van der Waals surface area (Å²) in [4.78, 5) is 0. The standard InChI is InChI=1S/C11H11ClF2/c1-7(2)8-5-3-4-6-9(8)10(12)11(13)14/h3-7H,1-2H3. The molecule has 14 heavy (non-hydrogen) atoms. The molecule has 0 unspecified atom stereocenters. The van der Waals surface area contributed by atoms with Gasteiger partial charge in [0.15, 0.2) is 0 Å². The quantitative estimate of drug-likeness (QED) is 0.677. The van der Waals surface area contributed by atoms with Gasteiger partial charge in [0, 0.05) is 5.56 Å². The molecule has 76 valence electrons. The van der Waals surface area contributed by atoms with Gasteiger partial charge in [-0.3, -0.25) is 0 Å². The van der Waals surface area contributed by atoms with Crippen LogP contribution in [-0.2, 0) is 0 Å². The molecule has 0 heterocycles. The predicted molar refractivity (Wildman–Crippen MR) is 55.5 cm³/mol. The molecule has 0 nitrogen and oxygen atoms in total. The molecule has 0 bridgehead atoms. The Morgan fingerprint density at radius 2 is 1.79 bits per heavy atom. The van der Waals surface area contributed by atoms with Crippen molar-refractivity contribution in [2.75, 3.05) is 0 Å². The molecule has 3 heteroatoms. The van der Waals surface area contributed by atoms with Crippen LogP contribution in [0.1, 0.15) is 30.9 Å². The van der Waals surface area contributed by atoms with Gasteiger partial charge in [0.25, 0.3) is 6.08 Å². The molecule has 1 rings (SSSR count). The number of benzene rings is 1. The summed E-state index contributed by atoms with van der Waals surface area (Å²) < 4.78 is 24.6. The van der Waals surface area contributed by atoms with Crippen LogP contribution in [-0.4, -0.2) is 0 Å². The first-order valence-corrected chi connectivity index (χ1v) is 4.72. The highest BCUT2D eigenvalue weighted by Crippen LogP contribution is 2.31. The van der Waals surface area contributed by atoms with Crippen LogP contribution in [0.15, 0.2) is 30.3 Å². The van der Waals surface area contributed by atoms with Crippen molar-refractivity contribution in [2.24, 2.45) is 0 Å². The summed E-state index contributed by atoms with van der Waals surface area (Å²) in [7, 11) is 0. The van der Waals surface area contributed by atoms with Crippen molar-refractivity contribution in [1.29, 1.82) is 0 Å². The monoisotopic (exact) mass is 216 g/mol. The lowest BCUT2D eigenvalue weighted by Crippen LogP contribution is -1.93. The van der Waals surface area contributed by atoms with Crippen LogP contribution >= 0.6 is 11.6 Å². The first-order chi connectivity index (χ1) is 6.54. The summed E-state index contributed by atoms with van der Waals surface area (Å²) in [6, 6.07) is 6.94. The molecule has 0 spiro atoms. The molecule has 0 aliphatic rings. The summed E-state index contributed by atoms with van der Waals surface area (Å²) >= 11 is 5.52. The van der Waals surface area contributed by atoms with Crippen LogP contribution in [0.25, 0.3) is 5.03 Å². The Morgan fingerprint density at radius 1 is 1.21 bits per heavy atom. The molecular formula is C11H11ClF2. The number of hydrogen-bond donors (Lipinski definition) is 0. The molecule has 0 aliphatic heterocycles. The lowest BCUT2D eigenvalue weighted by Gasteiger charge is -2.10. The molecule has 1 aromatic rings. The number of hydrogen-bond acceptors (Lipinski definition) is 0. The Hall–Kier alpha value is -0.890.